The fourth-order valence-electron chi connectivity index (χ4n) is 3.31. The van der Waals surface area contributed by atoms with Gasteiger partial charge >= 0.3 is 0 Å². The molecule has 1 atom stereocenters. The first kappa shape index (κ1) is 20.4. The molecule has 0 bridgehead atoms. The molecule has 2 nitrogen and oxygen atoms in total. The molecule has 0 aliphatic carbocycles. The van der Waals surface area contributed by atoms with E-state index in [1.165, 1.54) is 22.3 Å². The highest BCUT2D eigenvalue weighted by Crippen LogP contribution is 2.22. The van der Waals surface area contributed by atoms with E-state index >= 15 is 0 Å². The van der Waals surface area contributed by atoms with Crippen molar-refractivity contribution in [2.45, 2.75) is 46.2 Å². The summed E-state index contributed by atoms with van der Waals surface area (Å²) in [5.41, 5.74) is 5.65. The first-order valence-electron chi connectivity index (χ1n) is 9.64. The van der Waals surface area contributed by atoms with Crippen molar-refractivity contribution in [2.75, 3.05) is 20.3 Å². The molecule has 140 valence electrons. The van der Waals surface area contributed by atoms with E-state index in [-0.39, 0.29) is 0 Å². The topological polar surface area (TPSA) is 12.5 Å². The summed E-state index contributed by atoms with van der Waals surface area (Å²) < 4.78 is 5.56. The van der Waals surface area contributed by atoms with Crippen LogP contribution in [0.3, 0.4) is 0 Å². The quantitative estimate of drug-likeness (QED) is 0.414. The lowest BCUT2D eigenvalue weighted by molar-refractivity contribution is 0.150. The van der Waals surface area contributed by atoms with Crippen LogP contribution in [0.2, 0.25) is 0 Å². The summed E-state index contributed by atoms with van der Waals surface area (Å²) >= 11 is 0. The molecule has 2 aromatic carbocycles. The van der Waals surface area contributed by atoms with Crippen molar-refractivity contribution in [2.24, 2.45) is 0 Å². The Balaban J connectivity index is 2.18. The number of hydrogen-bond donors (Lipinski definition) is 0. The van der Waals surface area contributed by atoms with Crippen LogP contribution < -0.4 is 0 Å². The van der Waals surface area contributed by atoms with Gasteiger partial charge in [-0.15, -0.1) is 0 Å². The Kier molecular flexibility index (Phi) is 8.60. The molecule has 2 aromatic rings. The zero-order chi connectivity index (χ0) is 18.8. The van der Waals surface area contributed by atoms with Gasteiger partial charge in [0.2, 0.25) is 0 Å². The number of ether oxygens (including phenoxy) is 1. The highest BCUT2D eigenvalue weighted by atomic mass is 16.5. The zero-order valence-corrected chi connectivity index (χ0v) is 16.7. The van der Waals surface area contributed by atoms with Gasteiger partial charge in [0.05, 0.1) is 6.61 Å². The molecule has 0 saturated heterocycles. The van der Waals surface area contributed by atoms with E-state index in [2.05, 4.69) is 93.4 Å². The van der Waals surface area contributed by atoms with Crippen molar-refractivity contribution in [3.63, 3.8) is 0 Å². The highest BCUT2D eigenvalue weighted by Gasteiger charge is 2.19. The maximum atomic E-state index is 5.56. The lowest BCUT2D eigenvalue weighted by Crippen LogP contribution is -2.34. The molecular formula is C24H33NO. The minimum Gasteiger partial charge on any atom is -0.381 e. The molecule has 0 spiro atoms. The van der Waals surface area contributed by atoms with Crippen LogP contribution in [0.25, 0.3) is 0 Å². The Bertz CT molecular complexity index is 663. The first-order valence-corrected chi connectivity index (χ1v) is 9.64. The summed E-state index contributed by atoms with van der Waals surface area (Å²) in [6.45, 7) is 9.14. The molecule has 2 heteroatoms. The van der Waals surface area contributed by atoms with Crippen LogP contribution in [-0.2, 0) is 17.7 Å². The van der Waals surface area contributed by atoms with Gasteiger partial charge in [-0.3, -0.25) is 4.90 Å². The molecule has 0 aliphatic rings. The summed E-state index contributed by atoms with van der Waals surface area (Å²) in [4.78, 5) is 2.47. The maximum Gasteiger partial charge on any atom is 0.0503 e. The molecule has 0 aromatic heterocycles. The van der Waals surface area contributed by atoms with Crippen molar-refractivity contribution in [3.05, 3.63) is 82.9 Å². The summed E-state index contributed by atoms with van der Waals surface area (Å²) in [5.74, 6) is 0. The fourth-order valence-corrected chi connectivity index (χ4v) is 3.31. The van der Waals surface area contributed by atoms with E-state index in [1.807, 2.05) is 0 Å². The lowest BCUT2D eigenvalue weighted by Gasteiger charge is -2.31. The predicted molar refractivity (Wildman–Crippen MR) is 111 cm³/mol. The lowest BCUT2D eigenvalue weighted by atomic mass is 9.94. The van der Waals surface area contributed by atoms with Crippen LogP contribution in [0, 0.1) is 0 Å². The Morgan fingerprint density at radius 2 is 1.50 bits per heavy atom. The Morgan fingerprint density at radius 3 is 2.08 bits per heavy atom. The van der Waals surface area contributed by atoms with E-state index in [0.717, 1.165) is 32.6 Å². The van der Waals surface area contributed by atoms with Crippen molar-refractivity contribution >= 4 is 0 Å². The van der Waals surface area contributed by atoms with Crippen LogP contribution >= 0.6 is 0 Å². The van der Waals surface area contributed by atoms with Gasteiger partial charge in [-0.25, -0.2) is 0 Å². The van der Waals surface area contributed by atoms with Crippen molar-refractivity contribution in [1.29, 1.82) is 0 Å². The SMILES string of the molecule is CCOCCC(C)=C(C)C(Cc1ccccc1)N(C)Cc1ccccc1. The van der Waals surface area contributed by atoms with Crippen LogP contribution in [0.15, 0.2) is 71.8 Å². The van der Waals surface area contributed by atoms with E-state index in [0.29, 0.717) is 6.04 Å². The zero-order valence-electron chi connectivity index (χ0n) is 16.7. The summed E-state index contributed by atoms with van der Waals surface area (Å²) in [7, 11) is 2.24. The summed E-state index contributed by atoms with van der Waals surface area (Å²) in [6.07, 6.45) is 2.03. The normalized spacial score (nSPS) is 13.6. The van der Waals surface area contributed by atoms with Crippen LogP contribution in [0.4, 0.5) is 0 Å². The van der Waals surface area contributed by atoms with Gasteiger partial charge in [-0.05, 0) is 51.8 Å². The molecule has 0 fully saturated rings. The van der Waals surface area contributed by atoms with Crippen LogP contribution in [0.5, 0.6) is 0 Å². The van der Waals surface area contributed by atoms with Crippen molar-refractivity contribution < 1.29 is 4.74 Å². The summed E-state index contributed by atoms with van der Waals surface area (Å²) in [6, 6.07) is 21.9. The largest absolute Gasteiger partial charge is 0.381 e. The molecule has 1 unspecified atom stereocenters. The second-order valence-corrected chi connectivity index (χ2v) is 7.02. The molecule has 0 amide bonds. The Hall–Kier alpha value is -1.90. The van der Waals surface area contributed by atoms with Gasteiger partial charge in [0.15, 0.2) is 0 Å². The second-order valence-electron chi connectivity index (χ2n) is 7.02. The highest BCUT2D eigenvalue weighted by molar-refractivity contribution is 5.24. The molecule has 0 heterocycles. The van der Waals surface area contributed by atoms with Crippen molar-refractivity contribution in [1.82, 2.24) is 4.90 Å². The average Bonchev–Trinajstić information content (AvgIpc) is 2.67. The first-order chi connectivity index (χ1) is 12.6. The number of rotatable bonds is 10. The van der Waals surface area contributed by atoms with E-state index < -0.39 is 0 Å². The number of nitrogens with zero attached hydrogens (tertiary/aromatic N) is 1. The third-order valence-corrected chi connectivity index (χ3v) is 5.08. The monoisotopic (exact) mass is 351 g/mol. The molecule has 0 N–H and O–H groups in total. The van der Waals surface area contributed by atoms with E-state index in [1.54, 1.807) is 0 Å². The van der Waals surface area contributed by atoms with Crippen molar-refractivity contribution in [3.8, 4) is 0 Å². The second kappa shape index (κ2) is 10.9. The molecule has 2 rings (SSSR count). The van der Waals surface area contributed by atoms with E-state index in [4.69, 9.17) is 4.74 Å². The van der Waals surface area contributed by atoms with Gasteiger partial charge in [0.25, 0.3) is 0 Å². The average molecular weight is 352 g/mol. The molecule has 0 aliphatic heterocycles. The number of likely N-dealkylation sites (N-methyl/N-ethyl adjacent to an activating group) is 1. The Morgan fingerprint density at radius 1 is 0.923 bits per heavy atom. The fraction of sp³-hybridized carbons (Fsp3) is 0.417. The smallest absolute Gasteiger partial charge is 0.0503 e. The third kappa shape index (κ3) is 6.44. The predicted octanol–water partition coefficient (Wildman–Crippen LogP) is 5.49. The van der Waals surface area contributed by atoms with Gasteiger partial charge in [0, 0.05) is 19.2 Å². The van der Waals surface area contributed by atoms with Crippen LogP contribution in [-0.4, -0.2) is 31.2 Å². The minimum absolute atomic E-state index is 0.388. The molecular weight excluding hydrogens is 318 g/mol. The number of benzene rings is 2. The minimum atomic E-state index is 0.388. The molecule has 26 heavy (non-hydrogen) atoms. The number of hydrogen-bond acceptors (Lipinski definition) is 2. The van der Waals surface area contributed by atoms with Crippen LogP contribution in [0.1, 0.15) is 38.3 Å². The molecule has 0 saturated carbocycles. The van der Waals surface area contributed by atoms with Gasteiger partial charge < -0.3 is 4.74 Å². The van der Waals surface area contributed by atoms with Gasteiger partial charge in [-0.1, -0.05) is 71.8 Å². The maximum absolute atomic E-state index is 5.56. The molecule has 0 radical (unpaired) electrons. The van der Waals surface area contributed by atoms with E-state index in [9.17, 15) is 0 Å². The van der Waals surface area contributed by atoms with Gasteiger partial charge in [0.1, 0.15) is 0 Å². The standard InChI is InChI=1S/C24H33NO/c1-5-26-17-16-20(2)21(3)24(18-22-12-8-6-9-13-22)25(4)19-23-14-10-7-11-15-23/h6-15,24H,5,16-19H2,1-4H3. The Labute approximate surface area is 159 Å². The van der Waals surface area contributed by atoms with Gasteiger partial charge in [-0.2, -0.15) is 0 Å². The summed E-state index contributed by atoms with van der Waals surface area (Å²) in [5, 5.41) is 0. The third-order valence-electron chi connectivity index (χ3n) is 5.08.